The second kappa shape index (κ2) is 7.51. The van der Waals surface area contributed by atoms with Crippen molar-refractivity contribution in [2.75, 3.05) is 33.7 Å². The first kappa shape index (κ1) is 15.1. The second-order valence-corrected chi connectivity index (χ2v) is 5.52. The van der Waals surface area contributed by atoms with Gasteiger partial charge in [-0.15, -0.1) is 11.3 Å². The maximum Gasteiger partial charge on any atom is 0.346 e. The molecule has 102 valence electrons. The Morgan fingerprint density at radius 3 is 2.67 bits per heavy atom. The number of hydrogen-bond acceptors (Lipinski definition) is 4. The number of carbonyl (C=O) groups is 1. The molecule has 0 saturated carbocycles. The quantitative estimate of drug-likeness (QED) is 0.786. The summed E-state index contributed by atoms with van der Waals surface area (Å²) in [4.78, 5) is 16.0. The van der Waals surface area contributed by atoms with Crippen molar-refractivity contribution in [1.82, 2.24) is 9.80 Å². The molecule has 4 nitrogen and oxygen atoms in total. The van der Waals surface area contributed by atoms with E-state index in [1.807, 2.05) is 11.4 Å². The average Bonchev–Trinajstić information content (AvgIpc) is 2.75. The van der Waals surface area contributed by atoms with Gasteiger partial charge in [0.25, 0.3) is 0 Å². The molecule has 0 radical (unpaired) electrons. The molecular weight excluding hydrogens is 248 g/mol. The Kier molecular flexibility index (Phi) is 6.32. The lowest BCUT2D eigenvalue weighted by Crippen LogP contribution is -2.27. The summed E-state index contributed by atoms with van der Waals surface area (Å²) in [6.07, 6.45) is 1.10. The summed E-state index contributed by atoms with van der Waals surface area (Å²) < 4.78 is 0. The number of thiophene rings is 1. The van der Waals surface area contributed by atoms with Crippen molar-refractivity contribution in [1.29, 1.82) is 0 Å². The molecular formula is C13H22N2O2S. The van der Waals surface area contributed by atoms with E-state index in [1.54, 1.807) is 0 Å². The highest BCUT2D eigenvalue weighted by atomic mass is 32.1. The Bertz CT molecular complexity index is 377. The Morgan fingerprint density at radius 1 is 1.39 bits per heavy atom. The van der Waals surface area contributed by atoms with Crippen LogP contribution < -0.4 is 0 Å². The van der Waals surface area contributed by atoms with Crippen molar-refractivity contribution in [3.63, 3.8) is 0 Å². The maximum atomic E-state index is 11.0. The summed E-state index contributed by atoms with van der Waals surface area (Å²) in [6.45, 7) is 5.86. The highest BCUT2D eigenvalue weighted by Gasteiger charge is 2.13. The number of aromatic carboxylic acids is 1. The number of carboxylic acids is 1. The lowest BCUT2D eigenvalue weighted by molar-refractivity contribution is 0.0700. The lowest BCUT2D eigenvalue weighted by atomic mass is 10.2. The molecule has 0 aliphatic rings. The van der Waals surface area contributed by atoms with Gasteiger partial charge in [0.2, 0.25) is 0 Å². The fraction of sp³-hybridized carbons (Fsp3) is 0.615. The summed E-state index contributed by atoms with van der Waals surface area (Å²) in [6, 6.07) is 1.92. The summed E-state index contributed by atoms with van der Waals surface area (Å²) in [5.74, 6) is -0.815. The molecule has 1 N–H and O–H groups in total. The minimum absolute atomic E-state index is 0.473. The van der Waals surface area contributed by atoms with Crippen LogP contribution >= 0.6 is 11.3 Å². The van der Waals surface area contributed by atoms with Crippen molar-refractivity contribution in [2.45, 2.75) is 19.9 Å². The van der Waals surface area contributed by atoms with Crippen LogP contribution in [0.2, 0.25) is 0 Å². The molecule has 0 amide bonds. The predicted molar refractivity (Wildman–Crippen MR) is 75.4 cm³/mol. The van der Waals surface area contributed by atoms with Crippen molar-refractivity contribution >= 4 is 17.3 Å². The molecule has 18 heavy (non-hydrogen) atoms. The molecule has 1 rings (SSSR count). The van der Waals surface area contributed by atoms with E-state index in [-0.39, 0.29) is 0 Å². The van der Waals surface area contributed by atoms with E-state index in [2.05, 4.69) is 30.8 Å². The number of carboxylic acid groups (broad SMARTS) is 1. The van der Waals surface area contributed by atoms with Crippen LogP contribution in [0.1, 0.15) is 28.6 Å². The van der Waals surface area contributed by atoms with Crippen LogP contribution in [0.15, 0.2) is 11.4 Å². The molecule has 0 saturated heterocycles. The van der Waals surface area contributed by atoms with Crippen molar-refractivity contribution in [3.05, 3.63) is 21.9 Å². The van der Waals surface area contributed by atoms with E-state index < -0.39 is 5.97 Å². The zero-order chi connectivity index (χ0) is 13.5. The Labute approximate surface area is 113 Å². The van der Waals surface area contributed by atoms with E-state index in [9.17, 15) is 4.79 Å². The molecule has 0 atom stereocenters. The minimum Gasteiger partial charge on any atom is -0.477 e. The van der Waals surface area contributed by atoms with Gasteiger partial charge in [0.1, 0.15) is 4.88 Å². The molecule has 0 aliphatic carbocycles. The summed E-state index contributed by atoms with van der Waals surface area (Å²) in [5.41, 5.74) is 0.930. The maximum absolute atomic E-state index is 11.0. The molecule has 0 aromatic carbocycles. The summed E-state index contributed by atoms with van der Waals surface area (Å²) in [7, 11) is 4.13. The van der Waals surface area contributed by atoms with Gasteiger partial charge in [-0.25, -0.2) is 4.79 Å². The fourth-order valence-corrected chi connectivity index (χ4v) is 2.60. The van der Waals surface area contributed by atoms with E-state index >= 15 is 0 Å². The standard InChI is InChI=1S/C13H22N2O2S/c1-4-15(8-5-7-14(2)3)10-11-6-9-18-12(11)13(16)17/h6,9H,4-5,7-8,10H2,1-3H3,(H,16,17). The molecule has 5 heteroatoms. The van der Waals surface area contributed by atoms with E-state index in [0.29, 0.717) is 4.88 Å². The van der Waals surface area contributed by atoms with Crippen LogP contribution in [0.5, 0.6) is 0 Å². The van der Waals surface area contributed by atoms with Gasteiger partial charge in [0.05, 0.1) is 0 Å². The van der Waals surface area contributed by atoms with E-state index in [4.69, 9.17) is 5.11 Å². The van der Waals surface area contributed by atoms with Gasteiger partial charge in [0, 0.05) is 6.54 Å². The topological polar surface area (TPSA) is 43.8 Å². The van der Waals surface area contributed by atoms with Crippen LogP contribution in [0, 0.1) is 0 Å². The smallest absolute Gasteiger partial charge is 0.346 e. The van der Waals surface area contributed by atoms with E-state index in [0.717, 1.165) is 38.2 Å². The SMILES string of the molecule is CCN(CCCN(C)C)Cc1ccsc1C(=O)O. The summed E-state index contributed by atoms with van der Waals surface area (Å²) >= 11 is 1.30. The lowest BCUT2D eigenvalue weighted by Gasteiger charge is -2.21. The first-order chi connectivity index (χ1) is 8.54. The Balaban J connectivity index is 2.51. The number of hydrogen-bond donors (Lipinski definition) is 1. The molecule has 0 bridgehead atoms. The normalized spacial score (nSPS) is 11.4. The van der Waals surface area contributed by atoms with Gasteiger partial charge in [-0.3, -0.25) is 4.90 Å². The van der Waals surface area contributed by atoms with Gasteiger partial charge in [0.15, 0.2) is 0 Å². The van der Waals surface area contributed by atoms with Crippen LogP contribution in [0.4, 0.5) is 0 Å². The average molecular weight is 270 g/mol. The third-order valence-corrected chi connectivity index (χ3v) is 3.81. The highest BCUT2D eigenvalue weighted by molar-refractivity contribution is 7.12. The third kappa shape index (κ3) is 4.76. The van der Waals surface area contributed by atoms with Gasteiger partial charge >= 0.3 is 5.97 Å². The van der Waals surface area contributed by atoms with Crippen LogP contribution in [0.3, 0.4) is 0 Å². The van der Waals surface area contributed by atoms with E-state index in [1.165, 1.54) is 11.3 Å². The van der Waals surface area contributed by atoms with Crippen LogP contribution in [-0.4, -0.2) is 54.6 Å². The van der Waals surface area contributed by atoms with Gasteiger partial charge in [-0.05, 0) is 57.2 Å². The molecule has 1 aromatic heterocycles. The first-order valence-corrected chi connectivity index (χ1v) is 7.09. The molecule has 0 aliphatic heterocycles. The predicted octanol–water partition coefficient (Wildman–Crippen LogP) is 2.22. The minimum atomic E-state index is -0.815. The highest BCUT2D eigenvalue weighted by Crippen LogP contribution is 2.18. The van der Waals surface area contributed by atoms with Crippen LogP contribution in [-0.2, 0) is 6.54 Å². The van der Waals surface area contributed by atoms with Crippen LogP contribution in [0.25, 0.3) is 0 Å². The molecule has 0 fully saturated rings. The van der Waals surface area contributed by atoms with Gasteiger partial charge < -0.3 is 10.0 Å². The number of rotatable bonds is 8. The molecule has 1 aromatic rings. The zero-order valence-corrected chi connectivity index (χ0v) is 12.2. The zero-order valence-electron chi connectivity index (χ0n) is 11.3. The summed E-state index contributed by atoms with van der Waals surface area (Å²) in [5, 5.41) is 10.9. The molecule has 0 spiro atoms. The van der Waals surface area contributed by atoms with Crippen molar-refractivity contribution in [3.8, 4) is 0 Å². The Morgan fingerprint density at radius 2 is 2.11 bits per heavy atom. The monoisotopic (exact) mass is 270 g/mol. The Hall–Kier alpha value is -0.910. The second-order valence-electron chi connectivity index (χ2n) is 4.61. The molecule has 0 unspecified atom stereocenters. The van der Waals surface area contributed by atoms with Crippen molar-refractivity contribution < 1.29 is 9.90 Å². The molecule has 1 heterocycles. The number of nitrogens with zero attached hydrogens (tertiary/aromatic N) is 2. The van der Waals surface area contributed by atoms with Gasteiger partial charge in [-0.1, -0.05) is 6.92 Å². The van der Waals surface area contributed by atoms with Gasteiger partial charge in [-0.2, -0.15) is 0 Å². The fourth-order valence-electron chi connectivity index (χ4n) is 1.85. The largest absolute Gasteiger partial charge is 0.477 e. The third-order valence-electron chi connectivity index (χ3n) is 2.86. The van der Waals surface area contributed by atoms with Crippen molar-refractivity contribution in [2.24, 2.45) is 0 Å². The first-order valence-electron chi connectivity index (χ1n) is 6.21.